The normalized spacial score (nSPS) is 14.3. The predicted octanol–water partition coefficient (Wildman–Crippen LogP) is 4.41. The van der Waals surface area contributed by atoms with Crippen LogP contribution in [-0.4, -0.2) is 43.7 Å². The van der Waals surface area contributed by atoms with Crippen LogP contribution in [0.2, 0.25) is 0 Å². The van der Waals surface area contributed by atoms with Crippen molar-refractivity contribution in [3.8, 4) is 11.5 Å². The third-order valence-electron chi connectivity index (χ3n) is 6.04. The summed E-state index contributed by atoms with van der Waals surface area (Å²) >= 11 is 0. The Kier molecular flexibility index (Phi) is 6.79. The van der Waals surface area contributed by atoms with E-state index in [1.165, 1.54) is 12.1 Å². The number of hydrogen-bond acceptors (Lipinski definition) is 8. The number of anilines is 3. The Bertz CT molecular complexity index is 1480. The number of methoxy groups -OCH3 is 2. The number of benzene rings is 3. The molecule has 10 nitrogen and oxygen atoms in total. The van der Waals surface area contributed by atoms with Crippen LogP contribution in [0.25, 0.3) is 0 Å². The van der Waals surface area contributed by atoms with Crippen molar-refractivity contribution in [1.82, 2.24) is 4.90 Å². The summed E-state index contributed by atoms with van der Waals surface area (Å²) in [4.78, 5) is 32.5. The van der Waals surface area contributed by atoms with Crippen molar-refractivity contribution in [1.29, 1.82) is 0 Å². The second-order valence-electron chi connectivity index (χ2n) is 8.46. The van der Waals surface area contributed by atoms with E-state index in [0.717, 1.165) is 22.9 Å². The van der Waals surface area contributed by atoms with Gasteiger partial charge in [-0.05, 0) is 54.6 Å². The second-order valence-corrected chi connectivity index (χ2v) is 8.46. The van der Waals surface area contributed by atoms with Crippen LogP contribution >= 0.6 is 0 Å². The smallest absolute Gasteiger partial charge is 0.335 e. The first-order valence-corrected chi connectivity index (χ1v) is 11.7. The average Bonchev–Trinajstić information content (AvgIpc) is 3.42. The molecule has 3 N–H and O–H groups in total. The minimum atomic E-state index is -1.02. The highest BCUT2D eigenvalue weighted by Crippen LogP contribution is 2.31. The molecule has 0 saturated carbocycles. The molecule has 0 aliphatic carbocycles. The van der Waals surface area contributed by atoms with Crippen LogP contribution in [0, 0.1) is 0 Å². The first-order chi connectivity index (χ1) is 18.4. The molecule has 1 amide bonds. The van der Waals surface area contributed by atoms with E-state index in [4.69, 9.17) is 14.6 Å². The number of amidine groups is 1. The Morgan fingerprint density at radius 3 is 2.45 bits per heavy atom. The Labute approximate surface area is 219 Å². The van der Waals surface area contributed by atoms with E-state index < -0.39 is 5.97 Å². The number of carboxylic acids is 1. The van der Waals surface area contributed by atoms with E-state index in [-0.39, 0.29) is 11.5 Å². The number of nitrogens with zero attached hydrogens (tertiary/aromatic N) is 3. The molecule has 3 aromatic carbocycles. The number of amides is 1. The zero-order valence-corrected chi connectivity index (χ0v) is 20.7. The highest BCUT2D eigenvalue weighted by atomic mass is 16.5. The van der Waals surface area contributed by atoms with Gasteiger partial charge >= 0.3 is 11.8 Å². The number of ether oxygens (including phenoxy) is 2. The van der Waals surface area contributed by atoms with Gasteiger partial charge in [0.1, 0.15) is 5.70 Å². The van der Waals surface area contributed by atoms with Gasteiger partial charge in [0, 0.05) is 34.9 Å². The van der Waals surface area contributed by atoms with E-state index in [1.54, 1.807) is 44.7 Å². The maximum atomic E-state index is 12.9. The van der Waals surface area contributed by atoms with Crippen LogP contribution in [0.5, 0.6) is 11.5 Å². The molecular formula is C28H25N5O5+. The molecule has 0 atom stereocenters. The topological polar surface area (TPSA) is 118 Å². The van der Waals surface area contributed by atoms with Crippen LogP contribution in [0.1, 0.15) is 20.7 Å². The molecule has 10 heteroatoms. The minimum Gasteiger partial charge on any atom is -0.493 e. The summed E-state index contributed by atoms with van der Waals surface area (Å²) in [5.41, 5.74) is 3.49. The van der Waals surface area contributed by atoms with Crippen LogP contribution < -0.4 is 29.9 Å². The molecule has 38 heavy (non-hydrogen) atoms. The molecule has 0 unspecified atom stereocenters. The lowest BCUT2D eigenvalue weighted by Gasteiger charge is -2.26. The van der Waals surface area contributed by atoms with Crippen molar-refractivity contribution in [2.24, 2.45) is 4.99 Å². The van der Waals surface area contributed by atoms with Crippen molar-refractivity contribution in [2.45, 2.75) is 0 Å². The third-order valence-corrected chi connectivity index (χ3v) is 6.04. The summed E-state index contributed by atoms with van der Waals surface area (Å²) in [6.45, 7) is 0.508. The number of hydrogen-bond donors (Lipinski definition) is 3. The molecule has 1 radical (unpaired) electrons. The average molecular weight is 512 g/mol. The van der Waals surface area contributed by atoms with Crippen molar-refractivity contribution in [3.63, 3.8) is 0 Å². The standard InChI is InChI=1S/C28H25N5O5/c1-37-24-11-10-21(15-25(24)38-2)30-23-16-33(17-32-13-12-29-26(23)32)22-5-3-4-19(14-22)27(34)31-20-8-6-18(7-9-20)28(35)36/h3-16,30H,17H2,1-2H3,(H,31,34)(H,35,36)/q+1. The van der Waals surface area contributed by atoms with Gasteiger partial charge in [0.25, 0.3) is 5.91 Å². The van der Waals surface area contributed by atoms with Crippen molar-refractivity contribution in [2.75, 3.05) is 36.4 Å². The Morgan fingerprint density at radius 2 is 1.71 bits per heavy atom. The predicted molar refractivity (Wildman–Crippen MR) is 145 cm³/mol. The fraction of sp³-hybridized carbons (Fsp3) is 0.107. The molecule has 191 valence electrons. The number of carbonyl (C=O) groups excluding carboxylic acids is 1. The third kappa shape index (κ3) is 5.06. The molecule has 0 aromatic heterocycles. The molecule has 2 aliphatic heterocycles. The highest BCUT2D eigenvalue weighted by Gasteiger charge is 2.36. The molecule has 5 rings (SSSR count). The molecule has 0 saturated heterocycles. The van der Waals surface area contributed by atoms with Gasteiger partial charge in [-0.3, -0.25) is 9.69 Å². The molecule has 0 spiro atoms. The quantitative estimate of drug-likeness (QED) is 0.384. The minimum absolute atomic E-state index is 0.151. The molecule has 2 aliphatic rings. The van der Waals surface area contributed by atoms with Gasteiger partial charge < -0.3 is 25.2 Å². The number of aromatic carboxylic acids is 1. The first-order valence-electron chi connectivity index (χ1n) is 11.7. The second kappa shape index (κ2) is 10.5. The number of rotatable bonds is 8. The molecule has 2 heterocycles. The lowest BCUT2D eigenvalue weighted by atomic mass is 10.1. The number of fused-ring (bicyclic) bond motifs is 1. The molecule has 0 bridgehead atoms. The summed E-state index contributed by atoms with van der Waals surface area (Å²) in [6, 6.07) is 18.8. The fourth-order valence-corrected chi connectivity index (χ4v) is 4.13. The number of nitrogens with one attached hydrogen (secondary N) is 2. The Balaban J connectivity index is 1.38. The number of aliphatic imine (C=N–C) groups is 1. The first kappa shape index (κ1) is 24.6. The Hall–Kier alpha value is -5.09. The maximum Gasteiger partial charge on any atom is 0.335 e. The van der Waals surface area contributed by atoms with Gasteiger partial charge in [-0.15, -0.1) is 0 Å². The zero-order valence-electron chi connectivity index (χ0n) is 20.7. The lowest BCUT2D eigenvalue weighted by molar-refractivity contribution is 0.0696. The van der Waals surface area contributed by atoms with Gasteiger partial charge in [-0.1, -0.05) is 11.0 Å². The lowest BCUT2D eigenvalue weighted by Crippen LogP contribution is -2.45. The molecule has 0 fully saturated rings. The zero-order chi connectivity index (χ0) is 26.6. The van der Waals surface area contributed by atoms with Gasteiger partial charge in [0.05, 0.1) is 26.0 Å². The van der Waals surface area contributed by atoms with Crippen molar-refractivity contribution >= 4 is 34.8 Å². The summed E-state index contributed by atoms with van der Waals surface area (Å²) in [7, 11) is 3.18. The van der Waals surface area contributed by atoms with E-state index in [0.29, 0.717) is 29.4 Å². The van der Waals surface area contributed by atoms with Gasteiger partial charge in [-0.25, -0.2) is 4.79 Å². The molecule has 3 aromatic rings. The monoisotopic (exact) mass is 511 g/mol. The Morgan fingerprint density at radius 1 is 0.947 bits per heavy atom. The SMILES string of the molecule is COc1ccc(NC2=CN(c3cccc(C(=O)Nc4ccc(C(=O)O)cc4)c3)C[N+]3C=CN=C23)cc1OC. The largest absolute Gasteiger partial charge is 0.493 e. The summed E-state index contributed by atoms with van der Waals surface area (Å²) < 4.78 is 10.8. The van der Waals surface area contributed by atoms with Gasteiger partial charge in [-0.2, -0.15) is 4.99 Å². The van der Waals surface area contributed by atoms with Crippen LogP contribution in [0.4, 0.5) is 17.1 Å². The van der Waals surface area contributed by atoms with Crippen molar-refractivity contribution < 1.29 is 24.2 Å². The van der Waals surface area contributed by atoms with E-state index in [2.05, 4.69) is 15.6 Å². The van der Waals surface area contributed by atoms with E-state index >= 15 is 0 Å². The number of carbonyl (C=O) groups is 2. The highest BCUT2D eigenvalue weighted by molar-refractivity contribution is 6.07. The van der Waals surface area contributed by atoms with Gasteiger partial charge in [0.15, 0.2) is 17.7 Å². The van der Waals surface area contributed by atoms with Gasteiger partial charge in [0.2, 0.25) is 6.67 Å². The number of carboxylic acid groups (broad SMARTS) is 1. The summed E-state index contributed by atoms with van der Waals surface area (Å²) in [5, 5.41) is 15.3. The van der Waals surface area contributed by atoms with Crippen LogP contribution in [-0.2, 0) is 0 Å². The maximum absolute atomic E-state index is 12.9. The van der Waals surface area contributed by atoms with E-state index in [9.17, 15) is 9.59 Å². The van der Waals surface area contributed by atoms with Crippen molar-refractivity contribution in [3.05, 3.63) is 102 Å². The molecular weight excluding hydrogens is 486 g/mol. The summed E-state index contributed by atoms with van der Waals surface area (Å²) in [6.07, 6.45) is 5.58. The van der Waals surface area contributed by atoms with Crippen LogP contribution in [0.15, 0.2) is 96.0 Å². The van der Waals surface area contributed by atoms with E-state index in [1.807, 2.05) is 52.5 Å². The fourth-order valence-electron chi connectivity index (χ4n) is 4.13. The summed E-state index contributed by atoms with van der Waals surface area (Å²) in [5.74, 6) is 0.681. The van der Waals surface area contributed by atoms with Crippen LogP contribution in [0.3, 0.4) is 0 Å².